The molecular formula is C15H17F3N4O2. The van der Waals surface area contributed by atoms with Gasteiger partial charge < -0.3 is 4.90 Å². The van der Waals surface area contributed by atoms with Gasteiger partial charge in [0.05, 0.1) is 10.5 Å². The third kappa shape index (κ3) is 3.50. The van der Waals surface area contributed by atoms with E-state index in [0.717, 1.165) is 12.1 Å². The minimum atomic E-state index is -4.39. The molecule has 0 atom stereocenters. The summed E-state index contributed by atoms with van der Waals surface area (Å²) in [7, 11) is 3.24. The molecule has 0 unspecified atom stereocenters. The average molecular weight is 342 g/mol. The van der Waals surface area contributed by atoms with Gasteiger partial charge in [0, 0.05) is 20.6 Å². The number of alkyl halides is 3. The van der Waals surface area contributed by atoms with Crippen molar-refractivity contribution in [3.63, 3.8) is 0 Å². The zero-order valence-corrected chi connectivity index (χ0v) is 13.5. The van der Waals surface area contributed by atoms with Crippen LogP contribution in [-0.2, 0) is 26.2 Å². The molecule has 0 N–H and O–H groups in total. The van der Waals surface area contributed by atoms with Crippen molar-refractivity contribution in [2.24, 2.45) is 7.05 Å². The number of aromatic nitrogens is 2. The minimum Gasteiger partial charge on any atom is -0.350 e. The van der Waals surface area contributed by atoms with Crippen molar-refractivity contribution in [1.82, 2.24) is 9.78 Å². The zero-order valence-electron chi connectivity index (χ0n) is 13.5. The summed E-state index contributed by atoms with van der Waals surface area (Å²) in [5.74, 6) is 0.316. The maximum absolute atomic E-state index is 12.6. The molecule has 0 radical (unpaired) electrons. The fraction of sp³-hybridized carbons (Fsp3) is 0.400. The lowest BCUT2D eigenvalue weighted by Gasteiger charge is -2.18. The molecule has 1 aromatic heterocycles. The van der Waals surface area contributed by atoms with Crippen molar-refractivity contribution in [3.8, 4) is 0 Å². The summed E-state index contributed by atoms with van der Waals surface area (Å²) in [5, 5.41) is 15.5. The summed E-state index contributed by atoms with van der Waals surface area (Å²) in [6.45, 7) is 2.00. The number of halogens is 3. The van der Waals surface area contributed by atoms with Crippen LogP contribution in [0.15, 0.2) is 24.3 Å². The number of hydrogen-bond donors (Lipinski definition) is 0. The van der Waals surface area contributed by atoms with E-state index in [2.05, 4.69) is 5.10 Å². The van der Waals surface area contributed by atoms with Gasteiger partial charge in [0.1, 0.15) is 5.69 Å². The van der Waals surface area contributed by atoms with Crippen molar-refractivity contribution in [2.45, 2.75) is 26.1 Å². The second kappa shape index (κ2) is 6.50. The Morgan fingerprint density at radius 3 is 2.33 bits per heavy atom. The van der Waals surface area contributed by atoms with E-state index in [1.165, 1.54) is 16.8 Å². The molecule has 2 rings (SSSR count). The van der Waals surface area contributed by atoms with E-state index < -0.39 is 16.7 Å². The summed E-state index contributed by atoms with van der Waals surface area (Å²) in [6.07, 6.45) is -3.97. The van der Waals surface area contributed by atoms with Crippen molar-refractivity contribution >= 4 is 11.5 Å². The van der Waals surface area contributed by atoms with E-state index in [9.17, 15) is 23.3 Å². The van der Waals surface area contributed by atoms with Crippen LogP contribution in [0.1, 0.15) is 23.7 Å². The molecule has 0 saturated heterocycles. The van der Waals surface area contributed by atoms with Crippen LogP contribution in [0, 0.1) is 10.1 Å². The Bertz CT molecular complexity index is 738. The molecular weight excluding hydrogens is 325 g/mol. The van der Waals surface area contributed by atoms with E-state index in [1.807, 2.05) is 0 Å². The van der Waals surface area contributed by atoms with Crippen LogP contribution in [0.3, 0.4) is 0 Å². The van der Waals surface area contributed by atoms with Gasteiger partial charge in [-0.25, -0.2) is 4.68 Å². The van der Waals surface area contributed by atoms with Crippen LogP contribution in [0.25, 0.3) is 0 Å². The lowest BCUT2D eigenvalue weighted by molar-refractivity contribution is -0.384. The Morgan fingerprint density at radius 2 is 1.88 bits per heavy atom. The third-order valence-electron chi connectivity index (χ3n) is 3.64. The first-order valence-corrected chi connectivity index (χ1v) is 7.22. The van der Waals surface area contributed by atoms with E-state index >= 15 is 0 Å². The van der Waals surface area contributed by atoms with E-state index in [-0.39, 0.29) is 12.2 Å². The number of benzene rings is 1. The number of aryl methyl sites for hydroxylation is 2. The lowest BCUT2D eigenvalue weighted by Crippen LogP contribution is -2.20. The largest absolute Gasteiger partial charge is 0.416 e. The number of anilines is 1. The molecule has 0 fully saturated rings. The Labute approximate surface area is 136 Å². The lowest BCUT2D eigenvalue weighted by atomic mass is 10.1. The fourth-order valence-corrected chi connectivity index (χ4v) is 2.56. The first kappa shape index (κ1) is 17.8. The predicted octanol–water partition coefficient (Wildman–Crippen LogP) is 3.55. The summed E-state index contributed by atoms with van der Waals surface area (Å²) >= 11 is 0. The molecule has 6 nitrogen and oxygen atoms in total. The average Bonchev–Trinajstić information content (AvgIpc) is 2.83. The van der Waals surface area contributed by atoms with Gasteiger partial charge in [-0.05, 0) is 24.1 Å². The SMILES string of the molecule is CCc1nn(C)c(N(C)Cc2ccc(C(F)(F)F)cc2)c1[N+](=O)[O-]. The highest BCUT2D eigenvalue weighted by Crippen LogP contribution is 2.32. The standard InChI is InChI=1S/C15H17F3N4O2/c1-4-12-13(22(23)24)14(21(3)19-12)20(2)9-10-5-7-11(8-6-10)15(16,17)18/h5-8H,4,9H2,1-3H3. The molecule has 0 aliphatic rings. The zero-order chi connectivity index (χ0) is 18.1. The van der Waals surface area contributed by atoms with Crippen LogP contribution in [0.4, 0.5) is 24.7 Å². The second-order valence-electron chi connectivity index (χ2n) is 5.40. The topological polar surface area (TPSA) is 64.2 Å². The molecule has 0 spiro atoms. The van der Waals surface area contributed by atoms with Crippen molar-refractivity contribution in [2.75, 3.05) is 11.9 Å². The monoisotopic (exact) mass is 342 g/mol. The maximum atomic E-state index is 12.6. The molecule has 1 heterocycles. The van der Waals surface area contributed by atoms with Crippen LogP contribution in [0.5, 0.6) is 0 Å². The van der Waals surface area contributed by atoms with Gasteiger partial charge in [0.15, 0.2) is 0 Å². The van der Waals surface area contributed by atoms with Gasteiger partial charge in [0.25, 0.3) is 0 Å². The molecule has 0 amide bonds. The number of rotatable bonds is 5. The molecule has 0 aliphatic heterocycles. The second-order valence-corrected chi connectivity index (χ2v) is 5.40. The first-order valence-electron chi connectivity index (χ1n) is 7.22. The number of nitrogens with zero attached hydrogens (tertiary/aromatic N) is 4. The van der Waals surface area contributed by atoms with Crippen molar-refractivity contribution in [1.29, 1.82) is 0 Å². The highest BCUT2D eigenvalue weighted by molar-refractivity contribution is 5.61. The van der Waals surface area contributed by atoms with Gasteiger partial charge in [-0.15, -0.1) is 0 Å². The van der Waals surface area contributed by atoms with Gasteiger partial charge >= 0.3 is 11.9 Å². The maximum Gasteiger partial charge on any atom is 0.416 e. The number of nitro groups is 1. The summed E-state index contributed by atoms with van der Waals surface area (Å²) in [6, 6.07) is 4.72. The normalized spacial score (nSPS) is 11.6. The van der Waals surface area contributed by atoms with Crippen molar-refractivity contribution < 1.29 is 18.1 Å². The highest BCUT2D eigenvalue weighted by Gasteiger charge is 2.30. The summed E-state index contributed by atoms with van der Waals surface area (Å²) in [5.41, 5.74) is 0.180. The van der Waals surface area contributed by atoms with Crippen LogP contribution >= 0.6 is 0 Å². The van der Waals surface area contributed by atoms with Crippen LogP contribution < -0.4 is 4.90 Å². The Morgan fingerprint density at radius 1 is 1.29 bits per heavy atom. The third-order valence-corrected chi connectivity index (χ3v) is 3.64. The molecule has 0 bridgehead atoms. The highest BCUT2D eigenvalue weighted by atomic mass is 19.4. The molecule has 130 valence electrons. The Hall–Kier alpha value is -2.58. The quantitative estimate of drug-likeness (QED) is 0.616. The fourth-order valence-electron chi connectivity index (χ4n) is 2.56. The van der Waals surface area contributed by atoms with Gasteiger partial charge in [-0.1, -0.05) is 19.1 Å². The minimum absolute atomic E-state index is 0.0746. The molecule has 24 heavy (non-hydrogen) atoms. The first-order chi connectivity index (χ1) is 11.1. The molecule has 9 heteroatoms. The van der Waals surface area contributed by atoms with E-state index in [0.29, 0.717) is 23.5 Å². The Balaban J connectivity index is 2.29. The summed E-state index contributed by atoms with van der Waals surface area (Å²) < 4.78 is 39.2. The molecule has 2 aromatic rings. The van der Waals surface area contributed by atoms with E-state index in [1.54, 1.807) is 25.9 Å². The van der Waals surface area contributed by atoms with Gasteiger partial charge in [-0.3, -0.25) is 10.1 Å². The van der Waals surface area contributed by atoms with Crippen LogP contribution in [-0.4, -0.2) is 21.8 Å². The van der Waals surface area contributed by atoms with Crippen LogP contribution in [0.2, 0.25) is 0 Å². The molecule has 0 aliphatic carbocycles. The van der Waals surface area contributed by atoms with Gasteiger partial charge in [0.2, 0.25) is 5.82 Å². The molecule has 1 aromatic carbocycles. The molecule has 0 saturated carbocycles. The summed E-state index contributed by atoms with van der Waals surface area (Å²) in [4.78, 5) is 12.4. The van der Waals surface area contributed by atoms with Crippen molar-refractivity contribution in [3.05, 3.63) is 51.2 Å². The Kier molecular flexibility index (Phi) is 4.81. The predicted molar refractivity (Wildman–Crippen MR) is 82.8 cm³/mol. The van der Waals surface area contributed by atoms with Gasteiger partial charge in [-0.2, -0.15) is 18.3 Å². The van der Waals surface area contributed by atoms with E-state index in [4.69, 9.17) is 0 Å². The number of hydrogen-bond acceptors (Lipinski definition) is 4. The smallest absolute Gasteiger partial charge is 0.350 e.